The lowest BCUT2D eigenvalue weighted by Gasteiger charge is -2.18. The molecule has 18 heavy (non-hydrogen) atoms. The van der Waals surface area contributed by atoms with Gasteiger partial charge in [0.15, 0.2) is 5.96 Å². The Bertz CT molecular complexity index is 272. The number of nitrogens with zero attached hydrogens (tertiary/aromatic N) is 1. The molecule has 0 aliphatic carbocycles. The Morgan fingerprint density at radius 1 is 1.39 bits per heavy atom. The van der Waals surface area contributed by atoms with Crippen LogP contribution in [0.3, 0.4) is 0 Å². The maximum Gasteiger partial charge on any atom is 0.328 e. The highest BCUT2D eigenvalue weighted by atomic mass is 16.6. The predicted octanol–water partition coefficient (Wildman–Crippen LogP) is 0.659. The van der Waals surface area contributed by atoms with Gasteiger partial charge in [0.2, 0.25) is 0 Å². The summed E-state index contributed by atoms with van der Waals surface area (Å²) < 4.78 is 10.3. The Morgan fingerprint density at radius 2 is 2.06 bits per heavy atom. The SMILES string of the molecule is CCOCCCNC(N)=NCC(=O)OC(C)(C)C. The maximum absolute atomic E-state index is 11.3. The molecule has 6 nitrogen and oxygen atoms in total. The van der Waals surface area contributed by atoms with E-state index in [4.69, 9.17) is 15.2 Å². The lowest BCUT2D eigenvalue weighted by molar-refractivity contribution is -0.152. The van der Waals surface area contributed by atoms with Gasteiger partial charge in [-0.2, -0.15) is 0 Å². The quantitative estimate of drug-likeness (QED) is 0.303. The molecule has 0 heterocycles. The second-order valence-electron chi connectivity index (χ2n) is 4.77. The van der Waals surface area contributed by atoms with Crippen LogP contribution in [-0.2, 0) is 14.3 Å². The number of aliphatic imine (C=N–C) groups is 1. The molecule has 106 valence electrons. The molecule has 0 aromatic rings. The average molecular weight is 259 g/mol. The summed E-state index contributed by atoms with van der Waals surface area (Å²) >= 11 is 0. The highest BCUT2D eigenvalue weighted by Crippen LogP contribution is 2.06. The molecule has 0 aliphatic heterocycles. The maximum atomic E-state index is 11.3. The third-order valence-electron chi connectivity index (χ3n) is 1.77. The molecule has 6 heteroatoms. The lowest BCUT2D eigenvalue weighted by Crippen LogP contribution is -2.34. The van der Waals surface area contributed by atoms with Gasteiger partial charge in [-0.3, -0.25) is 4.79 Å². The van der Waals surface area contributed by atoms with Crippen LogP contribution in [0.4, 0.5) is 0 Å². The van der Waals surface area contributed by atoms with Crippen LogP contribution in [0.25, 0.3) is 0 Å². The first-order valence-corrected chi connectivity index (χ1v) is 6.18. The van der Waals surface area contributed by atoms with Crippen molar-refractivity contribution in [3.8, 4) is 0 Å². The summed E-state index contributed by atoms with van der Waals surface area (Å²) in [6.07, 6.45) is 0.844. The minimum atomic E-state index is -0.494. The van der Waals surface area contributed by atoms with E-state index in [1.54, 1.807) is 0 Å². The zero-order chi connectivity index (χ0) is 14.0. The third-order valence-corrected chi connectivity index (χ3v) is 1.77. The van der Waals surface area contributed by atoms with Crippen molar-refractivity contribution in [1.82, 2.24) is 5.32 Å². The molecule has 0 unspecified atom stereocenters. The van der Waals surface area contributed by atoms with E-state index in [2.05, 4.69) is 10.3 Å². The summed E-state index contributed by atoms with van der Waals surface area (Å²) in [5.41, 5.74) is 5.10. The van der Waals surface area contributed by atoms with Gasteiger partial charge in [-0.15, -0.1) is 0 Å². The summed E-state index contributed by atoms with van der Waals surface area (Å²) in [5, 5.41) is 2.90. The Kier molecular flexibility index (Phi) is 8.11. The smallest absolute Gasteiger partial charge is 0.328 e. The second kappa shape index (κ2) is 8.74. The molecule has 0 aliphatic rings. The summed E-state index contributed by atoms with van der Waals surface area (Å²) in [5.74, 6) is -0.140. The number of rotatable bonds is 7. The van der Waals surface area contributed by atoms with Crippen molar-refractivity contribution in [1.29, 1.82) is 0 Å². The second-order valence-corrected chi connectivity index (χ2v) is 4.77. The van der Waals surface area contributed by atoms with Crippen molar-refractivity contribution >= 4 is 11.9 Å². The summed E-state index contributed by atoms with van der Waals surface area (Å²) in [7, 11) is 0. The number of carbonyl (C=O) groups excluding carboxylic acids is 1. The van der Waals surface area contributed by atoms with Crippen LogP contribution < -0.4 is 11.1 Å². The van der Waals surface area contributed by atoms with Crippen molar-refractivity contribution in [3.63, 3.8) is 0 Å². The zero-order valence-corrected chi connectivity index (χ0v) is 11.8. The van der Waals surface area contributed by atoms with E-state index >= 15 is 0 Å². The summed E-state index contributed by atoms with van der Waals surface area (Å²) in [4.78, 5) is 15.2. The highest BCUT2D eigenvalue weighted by Gasteiger charge is 2.15. The van der Waals surface area contributed by atoms with Crippen LogP contribution in [0.15, 0.2) is 4.99 Å². The first-order valence-electron chi connectivity index (χ1n) is 6.18. The van der Waals surface area contributed by atoms with Crippen LogP contribution in [0.1, 0.15) is 34.1 Å². The number of nitrogens with two attached hydrogens (primary N) is 1. The summed E-state index contributed by atoms with van der Waals surface area (Å²) in [6, 6.07) is 0. The van der Waals surface area contributed by atoms with Gasteiger partial charge < -0.3 is 20.5 Å². The van der Waals surface area contributed by atoms with Gasteiger partial charge in [0.25, 0.3) is 0 Å². The van der Waals surface area contributed by atoms with Gasteiger partial charge in [0, 0.05) is 19.8 Å². The highest BCUT2D eigenvalue weighted by molar-refractivity contribution is 5.81. The summed E-state index contributed by atoms with van der Waals surface area (Å²) in [6.45, 7) is 9.37. The number of carbonyl (C=O) groups is 1. The Morgan fingerprint density at radius 3 is 2.61 bits per heavy atom. The first-order chi connectivity index (χ1) is 8.35. The molecule has 0 saturated heterocycles. The van der Waals surface area contributed by atoms with Crippen molar-refractivity contribution in [2.75, 3.05) is 26.3 Å². The molecule has 0 aromatic carbocycles. The normalized spacial score (nSPS) is 12.3. The lowest BCUT2D eigenvalue weighted by atomic mass is 10.2. The van der Waals surface area contributed by atoms with Crippen molar-refractivity contribution in [3.05, 3.63) is 0 Å². The number of hydrogen-bond donors (Lipinski definition) is 2. The van der Waals surface area contributed by atoms with E-state index in [0.717, 1.165) is 6.42 Å². The van der Waals surface area contributed by atoms with Gasteiger partial charge in [0.1, 0.15) is 12.1 Å². The number of hydrogen-bond acceptors (Lipinski definition) is 4. The van der Waals surface area contributed by atoms with Crippen LogP contribution >= 0.6 is 0 Å². The monoisotopic (exact) mass is 259 g/mol. The van der Waals surface area contributed by atoms with E-state index < -0.39 is 5.60 Å². The Hall–Kier alpha value is -1.30. The van der Waals surface area contributed by atoms with Gasteiger partial charge in [-0.25, -0.2) is 4.99 Å². The molecule has 0 amide bonds. The van der Waals surface area contributed by atoms with Crippen molar-refractivity contribution < 1.29 is 14.3 Å². The fourth-order valence-corrected chi connectivity index (χ4v) is 1.11. The standard InChI is InChI=1S/C12H25N3O3/c1-5-17-8-6-7-14-11(13)15-9-10(16)18-12(2,3)4/h5-9H2,1-4H3,(H3,13,14,15). The molecule has 0 atom stereocenters. The fraction of sp³-hybridized carbons (Fsp3) is 0.833. The van der Waals surface area contributed by atoms with Crippen molar-refractivity contribution in [2.24, 2.45) is 10.7 Å². The third kappa shape index (κ3) is 11.2. The Labute approximate surface area is 109 Å². The molecule has 0 spiro atoms. The van der Waals surface area contributed by atoms with Gasteiger partial charge >= 0.3 is 5.97 Å². The van der Waals surface area contributed by atoms with Crippen LogP contribution in [0.2, 0.25) is 0 Å². The number of esters is 1. The van der Waals surface area contributed by atoms with Gasteiger partial charge in [-0.1, -0.05) is 0 Å². The number of ether oxygens (including phenoxy) is 2. The van der Waals surface area contributed by atoms with E-state index in [0.29, 0.717) is 19.8 Å². The minimum absolute atomic E-state index is 0.0679. The largest absolute Gasteiger partial charge is 0.459 e. The average Bonchev–Trinajstić information content (AvgIpc) is 2.24. The molecule has 0 aromatic heterocycles. The zero-order valence-electron chi connectivity index (χ0n) is 11.8. The van der Waals surface area contributed by atoms with Crippen LogP contribution in [-0.4, -0.2) is 43.8 Å². The van der Waals surface area contributed by atoms with E-state index in [9.17, 15) is 4.79 Å². The van der Waals surface area contributed by atoms with E-state index in [-0.39, 0.29) is 18.5 Å². The van der Waals surface area contributed by atoms with E-state index in [1.807, 2.05) is 27.7 Å². The van der Waals surface area contributed by atoms with Crippen molar-refractivity contribution in [2.45, 2.75) is 39.7 Å². The molecule has 0 radical (unpaired) electrons. The van der Waals surface area contributed by atoms with Crippen LogP contribution in [0, 0.1) is 0 Å². The Balaban J connectivity index is 3.73. The fourth-order valence-electron chi connectivity index (χ4n) is 1.11. The number of guanidine groups is 1. The molecule has 0 rings (SSSR count). The van der Waals surface area contributed by atoms with Crippen LogP contribution in [0.5, 0.6) is 0 Å². The molecular weight excluding hydrogens is 234 g/mol. The van der Waals surface area contributed by atoms with E-state index in [1.165, 1.54) is 0 Å². The first kappa shape index (κ1) is 16.7. The molecule has 0 fully saturated rings. The molecule has 3 N–H and O–H groups in total. The molecular formula is C12H25N3O3. The number of nitrogens with one attached hydrogen (secondary N) is 1. The molecule has 0 bridgehead atoms. The predicted molar refractivity (Wildman–Crippen MR) is 71.4 cm³/mol. The van der Waals surface area contributed by atoms with Gasteiger partial charge in [-0.05, 0) is 34.1 Å². The topological polar surface area (TPSA) is 85.9 Å². The molecule has 0 saturated carbocycles. The minimum Gasteiger partial charge on any atom is -0.459 e. The van der Waals surface area contributed by atoms with Gasteiger partial charge in [0.05, 0.1) is 0 Å².